The van der Waals surface area contributed by atoms with E-state index in [-0.39, 0.29) is 60.4 Å². The van der Waals surface area contributed by atoms with Crippen LogP contribution >= 0.6 is 10.6 Å². The molecule has 1 aromatic carbocycles. The summed E-state index contributed by atoms with van der Waals surface area (Å²) in [6.45, 7) is 3.52. The first-order chi connectivity index (χ1) is 24.8. The Bertz CT molecular complexity index is 1850. The van der Waals surface area contributed by atoms with Crippen LogP contribution in [0, 0.1) is 17.2 Å². The smallest absolute Gasteiger partial charge is 0.407 e. The fraction of sp³-hybridized carbons (Fsp3) is 0.583. The summed E-state index contributed by atoms with van der Waals surface area (Å²) in [6, 6.07) is 9.56. The molecule has 52 heavy (non-hydrogen) atoms. The molecule has 2 aromatic heterocycles. The van der Waals surface area contributed by atoms with Crippen LogP contribution in [0.1, 0.15) is 81.0 Å². The summed E-state index contributed by atoms with van der Waals surface area (Å²) in [6.07, 6.45) is 3.96. The zero-order valence-electron chi connectivity index (χ0n) is 29.2. The van der Waals surface area contributed by atoms with E-state index in [0.29, 0.717) is 48.6 Å². The van der Waals surface area contributed by atoms with Crippen molar-refractivity contribution in [3.8, 4) is 6.07 Å². The van der Waals surface area contributed by atoms with Gasteiger partial charge in [-0.15, -0.1) is 0 Å². The van der Waals surface area contributed by atoms with Crippen molar-refractivity contribution in [2.45, 2.75) is 88.5 Å². The molecular weight excluding hydrogens is 698 g/mol. The third-order valence-electron chi connectivity index (χ3n) is 10.5. The number of aryl methyl sites for hydroxylation is 1. The third kappa shape index (κ3) is 8.34. The molecule has 6 rings (SSSR count). The Balaban J connectivity index is 1.26. The maximum Gasteiger partial charge on any atom is 0.407 e. The molecule has 0 aliphatic carbocycles. The minimum absolute atomic E-state index is 0.0133. The van der Waals surface area contributed by atoms with Crippen LogP contribution in [0.4, 0.5) is 19.4 Å². The molecule has 4 N–H and O–H groups in total. The van der Waals surface area contributed by atoms with Gasteiger partial charge in [-0.05, 0) is 56.7 Å². The van der Waals surface area contributed by atoms with E-state index in [1.54, 1.807) is 22.8 Å². The number of pyridine rings is 1. The molecule has 16 heteroatoms. The Morgan fingerprint density at radius 3 is 2.54 bits per heavy atom. The van der Waals surface area contributed by atoms with Crippen molar-refractivity contribution in [3.05, 3.63) is 63.7 Å². The van der Waals surface area contributed by atoms with Crippen molar-refractivity contribution in [2.75, 3.05) is 43.1 Å². The van der Waals surface area contributed by atoms with Crippen LogP contribution in [0.5, 0.6) is 0 Å². The highest BCUT2D eigenvalue weighted by atomic mass is 32.3. The number of ether oxygens (including phenoxy) is 2. The first-order valence-electron chi connectivity index (χ1n) is 17.8. The van der Waals surface area contributed by atoms with Crippen molar-refractivity contribution in [3.63, 3.8) is 0 Å². The predicted octanol–water partition coefficient (Wildman–Crippen LogP) is 6.69. The third-order valence-corrected chi connectivity index (χ3v) is 12.2. The number of benzene rings is 1. The molecule has 1 atom stereocenters. The average Bonchev–Trinajstić information content (AvgIpc) is 3.62. The van der Waals surface area contributed by atoms with Crippen molar-refractivity contribution in [1.82, 2.24) is 19.4 Å². The molecule has 3 fully saturated rings. The molecule has 3 saturated heterocycles. The number of amides is 1. The zero-order valence-corrected chi connectivity index (χ0v) is 30.0. The molecule has 3 aromatic rings. The van der Waals surface area contributed by atoms with Crippen LogP contribution in [-0.4, -0.2) is 83.8 Å². The molecule has 0 saturated carbocycles. The maximum absolute atomic E-state index is 15.4. The molecule has 13 nitrogen and oxygen atoms in total. The number of anilines is 1. The number of carbonyl (C=O) groups is 1. The van der Waals surface area contributed by atoms with Crippen LogP contribution in [-0.2, 0) is 27.4 Å². The summed E-state index contributed by atoms with van der Waals surface area (Å²) < 4.78 is 64.1. The number of nitriles is 1. The summed E-state index contributed by atoms with van der Waals surface area (Å²) >= 11 is 0. The lowest BCUT2D eigenvalue weighted by molar-refractivity contribution is -0.0528. The van der Waals surface area contributed by atoms with Gasteiger partial charge in [0, 0.05) is 60.6 Å². The fourth-order valence-corrected chi connectivity index (χ4v) is 8.91. The van der Waals surface area contributed by atoms with Gasteiger partial charge in [0.1, 0.15) is 17.8 Å². The molecule has 0 radical (unpaired) electrons. The SMILES string of the molecule is CC(Nc1ncnc2c1cc(C1(C#N)CCS(O)(O)CC1)c(=O)n2CCCCCCC1OCCO1)c1cccc(C(F)(F)CC2CN(C(=O)O)C2)c1. The lowest BCUT2D eigenvalue weighted by Gasteiger charge is -2.42. The Morgan fingerprint density at radius 2 is 1.85 bits per heavy atom. The minimum Gasteiger partial charge on any atom is -0.465 e. The van der Waals surface area contributed by atoms with Crippen LogP contribution in [0.2, 0.25) is 0 Å². The number of alkyl halides is 2. The number of nitrogens with one attached hydrogen (secondary N) is 1. The van der Waals surface area contributed by atoms with Crippen LogP contribution in [0.15, 0.2) is 41.5 Å². The molecule has 0 spiro atoms. The van der Waals surface area contributed by atoms with Gasteiger partial charge < -0.3 is 24.8 Å². The first kappa shape index (κ1) is 37.9. The Morgan fingerprint density at radius 1 is 1.13 bits per heavy atom. The number of hydrogen-bond acceptors (Lipinski definition) is 10. The second-order valence-electron chi connectivity index (χ2n) is 14.2. The monoisotopic (exact) mass is 744 g/mol. The summed E-state index contributed by atoms with van der Waals surface area (Å²) in [5.41, 5.74) is -0.577. The van der Waals surface area contributed by atoms with Crippen LogP contribution in [0.3, 0.4) is 0 Å². The van der Waals surface area contributed by atoms with E-state index in [1.807, 2.05) is 6.92 Å². The van der Waals surface area contributed by atoms with E-state index < -0.39 is 46.4 Å². The summed E-state index contributed by atoms with van der Waals surface area (Å²) in [5.74, 6) is -3.21. The average molecular weight is 745 g/mol. The standard InChI is InChI=1S/C36H46F2N6O7S/c1-24(26-7-6-8-27(17-26)36(37,38)19-25-20-43(21-25)34(46)47)42-31-28-18-29(35(22-39)10-15-52(48,49)16-11-35)33(45)44(32(28)41-23-40-31)12-5-3-2-4-9-30-50-13-14-51-30/h6-8,17-18,23-25,30,48-49H,2-5,9-16,19-21H2,1H3,(H,46,47)(H,40,41,42). The van der Waals surface area contributed by atoms with Gasteiger partial charge in [0.25, 0.3) is 11.5 Å². The molecule has 282 valence electrons. The number of fused-ring (bicyclic) bond motifs is 1. The second-order valence-corrected chi connectivity index (χ2v) is 16.6. The Kier molecular flexibility index (Phi) is 11.4. The van der Waals surface area contributed by atoms with E-state index >= 15 is 8.78 Å². The van der Waals surface area contributed by atoms with Gasteiger partial charge in [0.05, 0.1) is 30.1 Å². The first-order valence-corrected chi connectivity index (χ1v) is 19.7. The number of likely N-dealkylation sites (tertiary alicyclic amines) is 1. The summed E-state index contributed by atoms with van der Waals surface area (Å²) in [5, 5.41) is 23.4. The summed E-state index contributed by atoms with van der Waals surface area (Å²) in [4.78, 5) is 35.4. The molecule has 3 aliphatic heterocycles. The van der Waals surface area contributed by atoms with Gasteiger partial charge >= 0.3 is 6.09 Å². The van der Waals surface area contributed by atoms with Crippen LogP contribution in [0.25, 0.3) is 11.0 Å². The van der Waals surface area contributed by atoms with E-state index in [1.165, 1.54) is 18.5 Å². The van der Waals surface area contributed by atoms with Gasteiger partial charge in [-0.1, -0.05) is 31.0 Å². The predicted molar refractivity (Wildman–Crippen MR) is 192 cm³/mol. The Hall–Kier alpha value is -3.88. The second kappa shape index (κ2) is 15.6. The quantitative estimate of drug-likeness (QED) is 0.129. The minimum atomic E-state index is -3.16. The number of nitrogens with zero attached hydrogens (tertiary/aromatic N) is 5. The van der Waals surface area contributed by atoms with E-state index in [0.717, 1.165) is 30.6 Å². The maximum atomic E-state index is 15.4. The van der Waals surface area contributed by atoms with E-state index in [9.17, 15) is 24.0 Å². The van der Waals surface area contributed by atoms with Crippen molar-refractivity contribution in [2.24, 2.45) is 5.92 Å². The molecule has 0 bridgehead atoms. The number of hydrogen-bond donors (Lipinski definition) is 4. The topological polar surface area (TPSA) is 183 Å². The molecule has 1 unspecified atom stereocenters. The summed E-state index contributed by atoms with van der Waals surface area (Å²) in [7, 11) is -2.84. The number of rotatable bonds is 14. The number of halogens is 2. The van der Waals surface area contributed by atoms with Crippen molar-refractivity contribution < 1.29 is 37.3 Å². The highest BCUT2D eigenvalue weighted by Crippen LogP contribution is 2.50. The zero-order chi connectivity index (χ0) is 37.1. The molecular formula is C36H46F2N6O7S. The van der Waals surface area contributed by atoms with Crippen molar-refractivity contribution >= 4 is 33.5 Å². The van der Waals surface area contributed by atoms with Gasteiger partial charge in [-0.2, -0.15) is 15.9 Å². The van der Waals surface area contributed by atoms with Gasteiger partial charge in [-0.3, -0.25) is 18.5 Å². The van der Waals surface area contributed by atoms with Gasteiger partial charge in [-0.25, -0.2) is 23.5 Å². The Labute approximate surface area is 302 Å². The molecule has 3 aliphatic rings. The molecule has 5 heterocycles. The lowest BCUT2D eigenvalue weighted by atomic mass is 9.77. The van der Waals surface area contributed by atoms with E-state index in [2.05, 4.69) is 21.4 Å². The van der Waals surface area contributed by atoms with Crippen molar-refractivity contribution in [1.29, 1.82) is 5.26 Å². The van der Waals surface area contributed by atoms with Gasteiger partial charge in [0.2, 0.25) is 0 Å². The lowest BCUT2D eigenvalue weighted by Crippen LogP contribution is -2.50. The highest BCUT2D eigenvalue weighted by Gasteiger charge is 2.43. The largest absolute Gasteiger partial charge is 0.465 e. The van der Waals surface area contributed by atoms with Crippen LogP contribution < -0.4 is 10.9 Å². The number of carboxylic acid groups (broad SMARTS) is 1. The number of aromatic nitrogens is 3. The normalized spacial score (nSPS) is 20.3. The van der Waals surface area contributed by atoms with Gasteiger partial charge in [0.15, 0.2) is 6.29 Å². The molecule has 1 amide bonds. The fourth-order valence-electron chi connectivity index (χ4n) is 7.36. The highest BCUT2D eigenvalue weighted by molar-refractivity contribution is 8.24. The van der Waals surface area contributed by atoms with E-state index in [4.69, 9.17) is 14.6 Å². The number of unbranched alkanes of at least 4 members (excludes halogenated alkanes) is 3.